The molecule has 0 aliphatic carbocycles. The van der Waals surface area contributed by atoms with Crippen molar-refractivity contribution in [3.05, 3.63) is 45.7 Å². The molecule has 2 aromatic rings. The summed E-state index contributed by atoms with van der Waals surface area (Å²) in [4.78, 5) is 16.7. The number of halogens is 2. The summed E-state index contributed by atoms with van der Waals surface area (Å²) in [5.74, 6) is -0.122. The summed E-state index contributed by atoms with van der Waals surface area (Å²) in [6, 6.07) is 2.51. The second kappa shape index (κ2) is 7.61. The number of aryl methyl sites for hydroxylation is 1. The maximum Gasteiger partial charge on any atom is 0.330 e. The van der Waals surface area contributed by atoms with E-state index in [1.165, 1.54) is 16.7 Å². The van der Waals surface area contributed by atoms with Crippen LogP contribution in [0.2, 0.25) is 5.02 Å². The maximum absolute atomic E-state index is 13.5. The summed E-state index contributed by atoms with van der Waals surface area (Å²) in [6.45, 7) is 4.49. The van der Waals surface area contributed by atoms with Crippen LogP contribution in [-0.4, -0.2) is 40.2 Å². The molecule has 23 heavy (non-hydrogen) atoms. The van der Waals surface area contributed by atoms with Gasteiger partial charge < -0.3 is 14.6 Å². The zero-order chi connectivity index (χ0) is 17.0. The largest absolute Gasteiger partial charge is 0.490 e. The fourth-order valence-electron chi connectivity index (χ4n) is 2.02. The molecule has 0 atom stereocenters. The molecule has 0 aliphatic rings. The lowest BCUT2D eigenvalue weighted by Gasteiger charge is -2.21. The van der Waals surface area contributed by atoms with Gasteiger partial charge in [0.15, 0.2) is 4.77 Å². The van der Waals surface area contributed by atoms with E-state index in [1.807, 2.05) is 6.92 Å². The number of amides is 1. The molecule has 1 amide bonds. The van der Waals surface area contributed by atoms with E-state index in [1.54, 1.807) is 24.2 Å². The number of aromatic amines is 1. The maximum atomic E-state index is 13.5. The molecule has 0 saturated carbocycles. The van der Waals surface area contributed by atoms with Crippen LogP contribution in [0.4, 0.5) is 9.18 Å². The molecule has 0 bridgehead atoms. The number of hydrogen-bond acceptors (Lipinski definition) is 3. The zero-order valence-electron chi connectivity index (χ0n) is 12.8. The first-order chi connectivity index (χ1) is 10.9. The van der Waals surface area contributed by atoms with E-state index in [0.29, 0.717) is 28.4 Å². The van der Waals surface area contributed by atoms with Crippen LogP contribution in [0.25, 0.3) is 0 Å². The van der Waals surface area contributed by atoms with Crippen LogP contribution in [0.1, 0.15) is 12.5 Å². The molecule has 0 fully saturated rings. The van der Waals surface area contributed by atoms with Crippen LogP contribution in [0.15, 0.2) is 24.5 Å². The van der Waals surface area contributed by atoms with Crippen molar-refractivity contribution in [2.45, 2.75) is 13.8 Å². The minimum Gasteiger partial charge on any atom is -0.490 e. The van der Waals surface area contributed by atoms with Crippen molar-refractivity contribution in [1.29, 1.82) is 0 Å². The average Bonchev–Trinajstić information content (AvgIpc) is 2.94. The minimum atomic E-state index is -0.383. The van der Waals surface area contributed by atoms with Crippen LogP contribution in [0.3, 0.4) is 0 Å². The summed E-state index contributed by atoms with van der Waals surface area (Å²) in [6.07, 6.45) is 3.17. The fourth-order valence-corrected chi connectivity index (χ4v) is 2.50. The summed E-state index contributed by atoms with van der Waals surface area (Å²) < 4.78 is 20.7. The molecule has 1 aromatic carbocycles. The highest BCUT2D eigenvalue weighted by molar-refractivity contribution is 7.71. The zero-order valence-corrected chi connectivity index (χ0v) is 14.4. The van der Waals surface area contributed by atoms with Gasteiger partial charge in [-0.15, -0.1) is 0 Å². The van der Waals surface area contributed by atoms with Crippen LogP contribution in [0.5, 0.6) is 5.75 Å². The van der Waals surface area contributed by atoms with Gasteiger partial charge in [-0.2, -0.15) is 0 Å². The number of carbonyl (C=O) groups is 1. The number of carbonyl (C=O) groups excluding carboxylic acids is 1. The van der Waals surface area contributed by atoms with Crippen molar-refractivity contribution in [3.63, 3.8) is 0 Å². The predicted molar refractivity (Wildman–Crippen MR) is 89.3 cm³/mol. The molecule has 1 aromatic heterocycles. The topological polar surface area (TPSA) is 50.3 Å². The molecule has 8 heteroatoms. The highest BCUT2D eigenvalue weighted by Crippen LogP contribution is 2.27. The molecule has 5 nitrogen and oxygen atoms in total. The lowest BCUT2D eigenvalue weighted by Crippen LogP contribution is -2.37. The SMILES string of the molecule is CCN(CCOc1cc(F)c(C)cc1Cl)C(=O)n1cc[nH]c1=S. The Balaban J connectivity index is 1.99. The van der Waals surface area contributed by atoms with Gasteiger partial charge in [0.1, 0.15) is 18.2 Å². The van der Waals surface area contributed by atoms with Crippen LogP contribution in [0, 0.1) is 17.5 Å². The number of nitrogens with one attached hydrogen (secondary N) is 1. The van der Waals surface area contributed by atoms with Gasteiger partial charge in [0.25, 0.3) is 0 Å². The monoisotopic (exact) mass is 357 g/mol. The van der Waals surface area contributed by atoms with E-state index in [-0.39, 0.29) is 24.2 Å². The molecule has 1 heterocycles. The minimum absolute atomic E-state index is 0.194. The van der Waals surface area contributed by atoms with Crippen LogP contribution < -0.4 is 4.74 Å². The normalized spacial score (nSPS) is 10.6. The molecule has 0 aliphatic heterocycles. The van der Waals surface area contributed by atoms with E-state index in [0.717, 1.165) is 0 Å². The first-order valence-corrected chi connectivity index (χ1v) is 7.86. The Kier molecular flexibility index (Phi) is 5.79. The molecule has 0 unspecified atom stereocenters. The van der Waals surface area contributed by atoms with Crippen molar-refractivity contribution in [3.8, 4) is 5.75 Å². The summed E-state index contributed by atoms with van der Waals surface area (Å²) in [5.41, 5.74) is 0.453. The molecule has 2 rings (SSSR count). The molecule has 124 valence electrons. The summed E-state index contributed by atoms with van der Waals surface area (Å²) in [5, 5.41) is 0.339. The van der Waals surface area contributed by atoms with E-state index >= 15 is 0 Å². The second-order valence-corrected chi connectivity index (χ2v) is 5.67. The smallest absolute Gasteiger partial charge is 0.330 e. The Hall–Kier alpha value is -1.86. The number of likely N-dealkylation sites (N-methyl/N-ethyl adjacent to an activating group) is 1. The van der Waals surface area contributed by atoms with Gasteiger partial charge in [0.2, 0.25) is 0 Å². The first-order valence-electron chi connectivity index (χ1n) is 7.07. The average molecular weight is 358 g/mol. The Bertz CT molecular complexity index is 759. The number of imidazole rings is 1. The third kappa shape index (κ3) is 4.11. The van der Waals surface area contributed by atoms with E-state index < -0.39 is 0 Å². The van der Waals surface area contributed by atoms with Gasteiger partial charge in [-0.1, -0.05) is 11.6 Å². The quantitative estimate of drug-likeness (QED) is 0.822. The number of ether oxygens (including phenoxy) is 1. The third-order valence-corrected chi connectivity index (χ3v) is 3.95. The molecule has 0 saturated heterocycles. The van der Waals surface area contributed by atoms with Crippen LogP contribution in [-0.2, 0) is 0 Å². The van der Waals surface area contributed by atoms with Gasteiger partial charge in [-0.05, 0) is 37.7 Å². The third-order valence-electron chi connectivity index (χ3n) is 3.34. The molecule has 1 N–H and O–H groups in total. The number of nitrogens with zero attached hydrogens (tertiary/aromatic N) is 2. The van der Waals surface area contributed by atoms with E-state index in [4.69, 9.17) is 28.6 Å². The molecular formula is C15H17ClFN3O2S. The Morgan fingerprint density at radius 1 is 1.52 bits per heavy atom. The molecular weight excluding hydrogens is 341 g/mol. The predicted octanol–water partition coefficient (Wildman–Crippen LogP) is 4.02. The fraction of sp³-hybridized carbons (Fsp3) is 0.333. The van der Waals surface area contributed by atoms with Crippen molar-refractivity contribution in [1.82, 2.24) is 14.5 Å². The Morgan fingerprint density at radius 3 is 2.87 bits per heavy atom. The second-order valence-electron chi connectivity index (χ2n) is 4.88. The summed E-state index contributed by atoms with van der Waals surface area (Å²) >= 11 is 11.1. The van der Waals surface area contributed by atoms with Crippen LogP contribution >= 0.6 is 23.8 Å². The van der Waals surface area contributed by atoms with E-state index in [9.17, 15) is 9.18 Å². The Labute approximate surface area is 143 Å². The van der Waals surface area contributed by atoms with Gasteiger partial charge in [-0.25, -0.2) is 13.8 Å². The van der Waals surface area contributed by atoms with Gasteiger partial charge in [0, 0.05) is 25.0 Å². The highest BCUT2D eigenvalue weighted by atomic mass is 35.5. The van der Waals surface area contributed by atoms with E-state index in [2.05, 4.69) is 4.98 Å². The first kappa shape index (κ1) is 17.5. The number of aromatic nitrogens is 2. The van der Waals surface area contributed by atoms with Crippen molar-refractivity contribution in [2.75, 3.05) is 19.7 Å². The Morgan fingerprint density at radius 2 is 2.26 bits per heavy atom. The number of benzene rings is 1. The lowest BCUT2D eigenvalue weighted by molar-refractivity contribution is 0.186. The van der Waals surface area contributed by atoms with Crippen molar-refractivity contribution >= 4 is 29.8 Å². The number of rotatable bonds is 5. The van der Waals surface area contributed by atoms with Gasteiger partial charge in [-0.3, -0.25) is 0 Å². The van der Waals surface area contributed by atoms with Crippen molar-refractivity contribution in [2.24, 2.45) is 0 Å². The molecule has 0 radical (unpaired) electrons. The molecule has 0 spiro atoms. The van der Waals surface area contributed by atoms with Crippen molar-refractivity contribution < 1.29 is 13.9 Å². The number of H-pyrrole nitrogens is 1. The lowest BCUT2D eigenvalue weighted by atomic mass is 10.2. The van der Waals surface area contributed by atoms with Gasteiger partial charge >= 0.3 is 6.03 Å². The standard InChI is InChI=1S/C15H17ClFN3O2S/c1-3-19(15(21)20-5-4-18-14(20)23)6-7-22-13-9-12(17)10(2)8-11(13)16/h4-5,8-9H,3,6-7H2,1-2H3,(H,18,23). The van der Waals surface area contributed by atoms with Gasteiger partial charge in [0.05, 0.1) is 11.6 Å². The highest BCUT2D eigenvalue weighted by Gasteiger charge is 2.15. The summed E-state index contributed by atoms with van der Waals surface area (Å²) in [7, 11) is 0. The number of hydrogen-bond donors (Lipinski definition) is 1.